The third-order valence-corrected chi connectivity index (χ3v) is 2.67. The lowest BCUT2D eigenvalue weighted by Gasteiger charge is -2.04. The van der Waals surface area contributed by atoms with Gasteiger partial charge in [-0.15, -0.1) is 0 Å². The Balaban J connectivity index is 3.30. The van der Waals surface area contributed by atoms with Crippen LogP contribution in [0.2, 0.25) is 0 Å². The zero-order chi connectivity index (χ0) is 12.2. The Labute approximate surface area is 100 Å². The smallest absolute Gasteiger partial charge is 0.305 e. The molecule has 0 aliphatic heterocycles. The first-order valence-electron chi connectivity index (χ1n) is 5.40. The molecular formula is C10H20N2O3S. The summed E-state index contributed by atoms with van der Waals surface area (Å²) in [7, 11) is 0. The second-order valence-corrected chi connectivity index (χ2v) is 4.20. The molecule has 0 aromatic carbocycles. The molecule has 0 saturated carbocycles. The standard InChI is InChI=1S/C10H20N2O3S/c1-2-15-10(14)4-3-6-12-9(13)8-16-7-5-11/h2-8,11H2,1H3,(H,12,13). The van der Waals surface area contributed by atoms with Crippen molar-refractivity contribution in [2.24, 2.45) is 5.73 Å². The maximum Gasteiger partial charge on any atom is 0.305 e. The number of thioether (sulfide) groups is 1. The Bertz CT molecular complexity index is 212. The molecule has 5 nitrogen and oxygen atoms in total. The highest BCUT2D eigenvalue weighted by Gasteiger charge is 2.03. The number of rotatable bonds is 9. The van der Waals surface area contributed by atoms with E-state index in [0.717, 1.165) is 5.75 Å². The predicted molar refractivity (Wildman–Crippen MR) is 65.3 cm³/mol. The summed E-state index contributed by atoms with van der Waals surface area (Å²) in [6, 6.07) is 0. The summed E-state index contributed by atoms with van der Waals surface area (Å²) in [5, 5.41) is 2.73. The fourth-order valence-corrected chi connectivity index (χ4v) is 1.59. The normalized spacial score (nSPS) is 9.88. The van der Waals surface area contributed by atoms with Gasteiger partial charge < -0.3 is 15.8 Å². The highest BCUT2D eigenvalue weighted by molar-refractivity contribution is 7.99. The zero-order valence-electron chi connectivity index (χ0n) is 9.66. The lowest BCUT2D eigenvalue weighted by atomic mass is 10.3. The predicted octanol–water partition coefficient (Wildman–Crippen LogP) is 0.138. The molecule has 0 aliphatic carbocycles. The molecule has 0 aromatic heterocycles. The van der Waals surface area contributed by atoms with Crippen LogP contribution in [-0.2, 0) is 14.3 Å². The summed E-state index contributed by atoms with van der Waals surface area (Å²) in [5.41, 5.74) is 5.29. The van der Waals surface area contributed by atoms with Crippen LogP contribution < -0.4 is 11.1 Å². The van der Waals surface area contributed by atoms with Crippen LogP contribution in [0.4, 0.5) is 0 Å². The van der Waals surface area contributed by atoms with Crippen LogP contribution in [0.1, 0.15) is 19.8 Å². The van der Waals surface area contributed by atoms with Gasteiger partial charge in [-0.3, -0.25) is 9.59 Å². The number of hydrogen-bond acceptors (Lipinski definition) is 5. The topological polar surface area (TPSA) is 81.4 Å². The Hall–Kier alpha value is -0.750. The second kappa shape index (κ2) is 10.8. The Morgan fingerprint density at radius 1 is 1.44 bits per heavy atom. The molecule has 0 fully saturated rings. The first-order chi connectivity index (χ1) is 7.70. The molecule has 3 N–H and O–H groups in total. The first kappa shape index (κ1) is 15.2. The van der Waals surface area contributed by atoms with E-state index < -0.39 is 0 Å². The zero-order valence-corrected chi connectivity index (χ0v) is 10.5. The van der Waals surface area contributed by atoms with Crippen LogP contribution in [0, 0.1) is 0 Å². The van der Waals surface area contributed by atoms with E-state index in [-0.39, 0.29) is 11.9 Å². The fraction of sp³-hybridized carbons (Fsp3) is 0.800. The van der Waals surface area contributed by atoms with E-state index in [0.29, 0.717) is 38.3 Å². The van der Waals surface area contributed by atoms with E-state index in [1.807, 2.05) is 0 Å². The van der Waals surface area contributed by atoms with E-state index >= 15 is 0 Å². The number of nitrogens with one attached hydrogen (secondary N) is 1. The number of carbonyl (C=O) groups is 2. The average molecular weight is 248 g/mol. The maximum atomic E-state index is 11.2. The van der Waals surface area contributed by atoms with Crippen molar-refractivity contribution in [1.82, 2.24) is 5.32 Å². The number of carbonyl (C=O) groups excluding carboxylic acids is 2. The molecule has 0 heterocycles. The molecule has 0 atom stereocenters. The number of amides is 1. The number of nitrogens with two attached hydrogens (primary N) is 1. The van der Waals surface area contributed by atoms with Gasteiger partial charge in [0.05, 0.1) is 12.4 Å². The van der Waals surface area contributed by atoms with Crippen LogP contribution in [0.25, 0.3) is 0 Å². The summed E-state index contributed by atoms with van der Waals surface area (Å²) >= 11 is 1.51. The molecule has 1 amide bonds. The molecule has 0 spiro atoms. The molecule has 6 heteroatoms. The van der Waals surface area contributed by atoms with Crippen LogP contribution >= 0.6 is 11.8 Å². The minimum absolute atomic E-state index is 0.0118. The van der Waals surface area contributed by atoms with Crippen LogP contribution in [0.15, 0.2) is 0 Å². The molecule has 0 radical (unpaired) electrons. The van der Waals surface area contributed by atoms with Gasteiger partial charge in [0.2, 0.25) is 5.91 Å². The highest BCUT2D eigenvalue weighted by atomic mass is 32.2. The van der Waals surface area contributed by atoms with Gasteiger partial charge in [-0.1, -0.05) is 0 Å². The van der Waals surface area contributed by atoms with Crippen molar-refractivity contribution < 1.29 is 14.3 Å². The molecule has 0 aromatic rings. The van der Waals surface area contributed by atoms with Gasteiger partial charge in [0.15, 0.2) is 0 Å². The van der Waals surface area contributed by atoms with E-state index in [4.69, 9.17) is 10.5 Å². The summed E-state index contributed by atoms with van der Waals surface area (Å²) in [4.78, 5) is 22.1. The summed E-state index contributed by atoms with van der Waals surface area (Å²) in [6.45, 7) is 3.27. The second-order valence-electron chi connectivity index (χ2n) is 3.10. The average Bonchev–Trinajstić information content (AvgIpc) is 2.25. The number of ether oxygens (including phenoxy) is 1. The van der Waals surface area contributed by atoms with Crippen molar-refractivity contribution in [3.05, 3.63) is 0 Å². The molecular weight excluding hydrogens is 228 g/mol. The van der Waals surface area contributed by atoms with E-state index in [1.165, 1.54) is 11.8 Å². The highest BCUT2D eigenvalue weighted by Crippen LogP contribution is 1.97. The van der Waals surface area contributed by atoms with Crippen molar-refractivity contribution in [3.8, 4) is 0 Å². The molecule has 16 heavy (non-hydrogen) atoms. The van der Waals surface area contributed by atoms with Gasteiger partial charge in [0.1, 0.15) is 0 Å². The van der Waals surface area contributed by atoms with E-state index in [1.54, 1.807) is 6.92 Å². The molecule has 0 aliphatic rings. The van der Waals surface area contributed by atoms with E-state index in [2.05, 4.69) is 5.32 Å². The van der Waals surface area contributed by atoms with Crippen molar-refractivity contribution in [2.45, 2.75) is 19.8 Å². The third kappa shape index (κ3) is 9.79. The van der Waals surface area contributed by atoms with Crippen LogP contribution in [0.3, 0.4) is 0 Å². The van der Waals surface area contributed by atoms with Gasteiger partial charge in [-0.2, -0.15) is 11.8 Å². The number of hydrogen-bond donors (Lipinski definition) is 2. The lowest BCUT2D eigenvalue weighted by Crippen LogP contribution is -2.27. The first-order valence-corrected chi connectivity index (χ1v) is 6.56. The minimum atomic E-state index is -0.214. The Kier molecular flexibility index (Phi) is 10.3. The summed E-state index contributed by atoms with van der Waals surface area (Å²) in [6.07, 6.45) is 0.968. The molecule has 94 valence electrons. The van der Waals surface area contributed by atoms with Crippen molar-refractivity contribution in [2.75, 3.05) is 31.2 Å². The maximum absolute atomic E-state index is 11.2. The van der Waals surface area contributed by atoms with Crippen molar-refractivity contribution in [1.29, 1.82) is 0 Å². The SMILES string of the molecule is CCOC(=O)CCCNC(=O)CSCCN. The summed E-state index contributed by atoms with van der Waals surface area (Å²) in [5.74, 6) is 0.990. The number of esters is 1. The van der Waals surface area contributed by atoms with Gasteiger partial charge in [-0.05, 0) is 13.3 Å². The largest absolute Gasteiger partial charge is 0.466 e. The Morgan fingerprint density at radius 2 is 2.19 bits per heavy atom. The molecule has 0 rings (SSSR count). The summed E-state index contributed by atoms with van der Waals surface area (Å²) < 4.78 is 4.76. The van der Waals surface area contributed by atoms with Gasteiger partial charge in [-0.25, -0.2) is 0 Å². The minimum Gasteiger partial charge on any atom is -0.466 e. The Morgan fingerprint density at radius 3 is 2.81 bits per heavy atom. The molecule has 0 bridgehead atoms. The van der Waals surface area contributed by atoms with Crippen LogP contribution in [-0.4, -0.2) is 43.1 Å². The van der Waals surface area contributed by atoms with Crippen molar-refractivity contribution in [3.63, 3.8) is 0 Å². The quantitative estimate of drug-likeness (QED) is 0.448. The van der Waals surface area contributed by atoms with Crippen LogP contribution in [0.5, 0.6) is 0 Å². The van der Waals surface area contributed by atoms with Crippen molar-refractivity contribution >= 4 is 23.6 Å². The monoisotopic (exact) mass is 248 g/mol. The van der Waals surface area contributed by atoms with Gasteiger partial charge in [0.25, 0.3) is 0 Å². The van der Waals surface area contributed by atoms with Gasteiger partial charge in [0, 0.05) is 25.3 Å². The molecule has 0 saturated heterocycles. The van der Waals surface area contributed by atoms with Gasteiger partial charge >= 0.3 is 5.97 Å². The van der Waals surface area contributed by atoms with E-state index in [9.17, 15) is 9.59 Å². The fourth-order valence-electron chi connectivity index (χ4n) is 0.993. The lowest BCUT2D eigenvalue weighted by molar-refractivity contribution is -0.143. The molecule has 0 unspecified atom stereocenters. The third-order valence-electron chi connectivity index (χ3n) is 1.68.